The van der Waals surface area contributed by atoms with E-state index < -0.39 is 0 Å². The molecule has 2 aromatic heterocycles. The molecule has 1 saturated heterocycles. The van der Waals surface area contributed by atoms with Crippen LogP contribution in [-0.4, -0.2) is 33.9 Å². The zero-order valence-corrected chi connectivity index (χ0v) is 12.1. The number of imidazole rings is 1. The van der Waals surface area contributed by atoms with Crippen LogP contribution in [0.3, 0.4) is 0 Å². The number of nitrogens with zero attached hydrogens (tertiary/aromatic N) is 3. The SMILES string of the molecule is Brc1nc(CCN2CCCCC2)n2ccccc12. The topological polar surface area (TPSA) is 20.5 Å². The molecule has 4 heteroatoms. The molecule has 0 spiro atoms. The van der Waals surface area contributed by atoms with Crippen LogP contribution >= 0.6 is 15.9 Å². The Kier molecular flexibility index (Phi) is 3.66. The maximum absolute atomic E-state index is 4.63. The average Bonchev–Trinajstić information content (AvgIpc) is 2.75. The van der Waals surface area contributed by atoms with Crippen LogP contribution in [-0.2, 0) is 6.42 Å². The number of likely N-dealkylation sites (tertiary alicyclic amines) is 1. The van der Waals surface area contributed by atoms with Crippen LogP contribution in [0.5, 0.6) is 0 Å². The van der Waals surface area contributed by atoms with Gasteiger partial charge in [0.15, 0.2) is 0 Å². The molecule has 3 heterocycles. The normalized spacial score (nSPS) is 17.4. The second kappa shape index (κ2) is 5.41. The maximum Gasteiger partial charge on any atom is 0.132 e. The number of hydrogen-bond acceptors (Lipinski definition) is 2. The van der Waals surface area contributed by atoms with Crippen molar-refractivity contribution in [2.24, 2.45) is 0 Å². The molecule has 3 rings (SSSR count). The molecule has 0 amide bonds. The molecule has 0 radical (unpaired) electrons. The maximum atomic E-state index is 4.63. The summed E-state index contributed by atoms with van der Waals surface area (Å²) in [6.07, 6.45) is 7.22. The van der Waals surface area contributed by atoms with E-state index in [0.29, 0.717) is 0 Å². The van der Waals surface area contributed by atoms with Crippen LogP contribution < -0.4 is 0 Å². The zero-order chi connectivity index (χ0) is 12.4. The number of aromatic nitrogens is 2. The summed E-state index contributed by atoms with van der Waals surface area (Å²) in [5.41, 5.74) is 1.16. The highest BCUT2D eigenvalue weighted by Crippen LogP contribution is 2.19. The smallest absolute Gasteiger partial charge is 0.132 e. The fraction of sp³-hybridized carbons (Fsp3) is 0.500. The van der Waals surface area contributed by atoms with Crippen molar-refractivity contribution in [3.05, 3.63) is 34.8 Å². The van der Waals surface area contributed by atoms with Gasteiger partial charge in [0.1, 0.15) is 10.4 Å². The van der Waals surface area contributed by atoms with E-state index in [0.717, 1.165) is 28.9 Å². The molecular formula is C14H18BrN3. The lowest BCUT2D eigenvalue weighted by molar-refractivity contribution is 0.230. The average molecular weight is 308 g/mol. The lowest BCUT2D eigenvalue weighted by atomic mass is 10.1. The van der Waals surface area contributed by atoms with Gasteiger partial charge in [-0.15, -0.1) is 0 Å². The highest BCUT2D eigenvalue weighted by Gasteiger charge is 2.12. The fourth-order valence-corrected chi connectivity index (χ4v) is 3.21. The Hall–Kier alpha value is -0.870. The highest BCUT2D eigenvalue weighted by atomic mass is 79.9. The number of piperidine rings is 1. The van der Waals surface area contributed by atoms with Gasteiger partial charge >= 0.3 is 0 Å². The third-order valence-electron chi connectivity index (χ3n) is 3.68. The van der Waals surface area contributed by atoms with E-state index in [-0.39, 0.29) is 0 Å². The van der Waals surface area contributed by atoms with Crippen molar-refractivity contribution in [2.75, 3.05) is 19.6 Å². The van der Waals surface area contributed by atoms with Gasteiger partial charge in [-0.3, -0.25) is 0 Å². The third kappa shape index (κ3) is 2.45. The lowest BCUT2D eigenvalue weighted by Gasteiger charge is -2.25. The predicted octanol–water partition coefficient (Wildman–Crippen LogP) is 3.13. The summed E-state index contributed by atoms with van der Waals surface area (Å²) in [4.78, 5) is 7.18. The predicted molar refractivity (Wildman–Crippen MR) is 76.9 cm³/mol. The monoisotopic (exact) mass is 307 g/mol. The van der Waals surface area contributed by atoms with Crippen molar-refractivity contribution in [2.45, 2.75) is 25.7 Å². The summed E-state index contributed by atoms with van der Waals surface area (Å²) < 4.78 is 3.14. The molecule has 1 aliphatic rings. The summed E-state index contributed by atoms with van der Waals surface area (Å²) in [5.74, 6) is 1.16. The fourth-order valence-electron chi connectivity index (χ4n) is 2.68. The van der Waals surface area contributed by atoms with Gasteiger partial charge in [-0.2, -0.15) is 0 Å². The van der Waals surface area contributed by atoms with Crippen LogP contribution in [0.15, 0.2) is 29.0 Å². The Labute approximate surface area is 116 Å². The van der Waals surface area contributed by atoms with Gasteiger partial charge in [-0.25, -0.2) is 4.98 Å². The second-order valence-corrected chi connectivity index (χ2v) is 5.68. The minimum absolute atomic E-state index is 0.955. The van der Waals surface area contributed by atoms with E-state index in [4.69, 9.17) is 0 Å². The Morgan fingerprint density at radius 1 is 1.17 bits per heavy atom. The van der Waals surface area contributed by atoms with Crippen LogP contribution in [0.4, 0.5) is 0 Å². The zero-order valence-electron chi connectivity index (χ0n) is 10.5. The van der Waals surface area contributed by atoms with Gasteiger partial charge < -0.3 is 9.30 Å². The van der Waals surface area contributed by atoms with E-state index in [1.807, 2.05) is 0 Å². The van der Waals surface area contributed by atoms with Crippen molar-refractivity contribution < 1.29 is 0 Å². The molecule has 0 bridgehead atoms. The van der Waals surface area contributed by atoms with E-state index >= 15 is 0 Å². The molecule has 0 aromatic carbocycles. The third-order valence-corrected chi connectivity index (χ3v) is 4.26. The van der Waals surface area contributed by atoms with Crippen molar-refractivity contribution >= 4 is 21.4 Å². The van der Waals surface area contributed by atoms with Gasteiger partial charge in [-0.1, -0.05) is 12.5 Å². The molecule has 0 atom stereocenters. The molecule has 0 N–H and O–H groups in total. The quantitative estimate of drug-likeness (QED) is 0.868. The Balaban J connectivity index is 1.74. The molecule has 0 saturated carbocycles. The van der Waals surface area contributed by atoms with E-state index in [2.05, 4.69) is 54.6 Å². The van der Waals surface area contributed by atoms with Crippen LogP contribution in [0.25, 0.3) is 5.52 Å². The first-order chi connectivity index (χ1) is 8.84. The summed E-state index contributed by atoms with van der Waals surface area (Å²) in [6.45, 7) is 3.63. The summed E-state index contributed by atoms with van der Waals surface area (Å²) in [6, 6.07) is 6.21. The standard InChI is InChI=1S/C14H18BrN3/c15-14-12-6-2-5-10-18(12)13(16-14)7-11-17-8-3-1-4-9-17/h2,5-6,10H,1,3-4,7-9,11H2. The van der Waals surface area contributed by atoms with Crippen LogP contribution in [0.1, 0.15) is 25.1 Å². The van der Waals surface area contributed by atoms with E-state index in [1.165, 1.54) is 32.4 Å². The molecule has 1 fully saturated rings. The van der Waals surface area contributed by atoms with Gasteiger partial charge in [0.25, 0.3) is 0 Å². The first-order valence-corrected chi connectivity index (χ1v) is 7.48. The second-order valence-electron chi connectivity index (χ2n) is 4.93. The summed E-state index contributed by atoms with van der Waals surface area (Å²) >= 11 is 3.54. The number of pyridine rings is 1. The molecule has 0 unspecified atom stereocenters. The molecule has 3 nitrogen and oxygen atoms in total. The first-order valence-electron chi connectivity index (χ1n) is 6.68. The minimum Gasteiger partial charge on any atom is -0.303 e. The number of fused-ring (bicyclic) bond motifs is 1. The van der Waals surface area contributed by atoms with Crippen molar-refractivity contribution in [1.82, 2.24) is 14.3 Å². The highest BCUT2D eigenvalue weighted by molar-refractivity contribution is 9.10. The Bertz CT molecular complexity index is 529. The largest absolute Gasteiger partial charge is 0.303 e. The Morgan fingerprint density at radius 3 is 2.83 bits per heavy atom. The molecule has 96 valence electrons. The lowest BCUT2D eigenvalue weighted by Crippen LogP contribution is -2.31. The van der Waals surface area contributed by atoms with Gasteiger partial charge in [0.05, 0.1) is 5.52 Å². The molecule has 18 heavy (non-hydrogen) atoms. The van der Waals surface area contributed by atoms with Gasteiger partial charge in [0.2, 0.25) is 0 Å². The number of hydrogen-bond donors (Lipinski definition) is 0. The van der Waals surface area contributed by atoms with Crippen molar-refractivity contribution in [3.8, 4) is 0 Å². The summed E-state index contributed by atoms with van der Waals surface area (Å²) in [5, 5.41) is 0. The Morgan fingerprint density at radius 2 is 2.00 bits per heavy atom. The van der Waals surface area contributed by atoms with Crippen molar-refractivity contribution in [3.63, 3.8) is 0 Å². The molecule has 2 aromatic rings. The van der Waals surface area contributed by atoms with Crippen molar-refractivity contribution in [1.29, 1.82) is 0 Å². The van der Waals surface area contributed by atoms with Gasteiger partial charge in [0, 0.05) is 19.2 Å². The van der Waals surface area contributed by atoms with Crippen LogP contribution in [0, 0.1) is 0 Å². The van der Waals surface area contributed by atoms with Gasteiger partial charge in [-0.05, 0) is 54.0 Å². The number of halogens is 1. The molecule has 1 aliphatic heterocycles. The summed E-state index contributed by atoms with van der Waals surface area (Å²) in [7, 11) is 0. The first kappa shape index (κ1) is 12.2. The number of rotatable bonds is 3. The van der Waals surface area contributed by atoms with Crippen LogP contribution in [0.2, 0.25) is 0 Å². The molecule has 0 aliphatic carbocycles. The van der Waals surface area contributed by atoms with E-state index in [1.54, 1.807) is 0 Å². The minimum atomic E-state index is 0.955. The van der Waals surface area contributed by atoms with E-state index in [9.17, 15) is 0 Å². The molecular weight excluding hydrogens is 290 g/mol.